The highest BCUT2D eigenvalue weighted by Gasteiger charge is 2.43. The third kappa shape index (κ3) is 7.72. The number of carboxylic acids is 1. The molecule has 2 amide bonds. The van der Waals surface area contributed by atoms with Crippen LogP contribution in [0.5, 0.6) is 0 Å². The van der Waals surface area contributed by atoms with Crippen molar-refractivity contribution in [3.63, 3.8) is 0 Å². The number of rotatable bonds is 10. The Morgan fingerprint density at radius 1 is 0.902 bits per heavy atom. The van der Waals surface area contributed by atoms with Crippen LogP contribution in [0.1, 0.15) is 58.6 Å². The Balaban J connectivity index is 1.70. The Labute approximate surface area is 244 Å². The van der Waals surface area contributed by atoms with Crippen molar-refractivity contribution >= 4 is 35.9 Å². The lowest BCUT2D eigenvalue weighted by atomic mass is 9.98. The van der Waals surface area contributed by atoms with E-state index in [-0.39, 0.29) is 18.3 Å². The first kappa shape index (κ1) is 31.8. The molecule has 0 saturated heterocycles. The number of aliphatic carboxylic acids is 1. The number of carboxylic acid groups (broad SMARTS) is 1. The third-order valence-electron chi connectivity index (χ3n) is 6.72. The van der Waals surface area contributed by atoms with E-state index in [9.17, 15) is 24.3 Å². The van der Waals surface area contributed by atoms with E-state index in [1.165, 1.54) is 14.0 Å². The number of fused-ring (bicyclic) bond motifs is 3. The van der Waals surface area contributed by atoms with E-state index in [2.05, 4.69) is 10.6 Å². The molecule has 0 aliphatic heterocycles. The van der Waals surface area contributed by atoms with Gasteiger partial charge in [-0.3, -0.25) is 0 Å². The molecule has 1 aliphatic rings. The summed E-state index contributed by atoms with van der Waals surface area (Å²) >= 11 is 1.07. The number of carbonyl (C=O) groups is 4. The number of nitrogens with one attached hydrogen (secondary N) is 2. The van der Waals surface area contributed by atoms with Gasteiger partial charge in [-0.1, -0.05) is 48.5 Å². The number of thioether (sulfide) groups is 1. The molecular weight excluding hydrogens is 548 g/mol. The number of carbonyl (C=O) groups excluding carboxylic acids is 3. The van der Waals surface area contributed by atoms with Gasteiger partial charge in [-0.15, -0.1) is 11.8 Å². The molecule has 0 unspecified atom stereocenters. The minimum atomic E-state index is -1.73. The van der Waals surface area contributed by atoms with Crippen molar-refractivity contribution in [1.29, 1.82) is 0 Å². The predicted octanol–water partition coefficient (Wildman–Crippen LogP) is 4.95. The Morgan fingerprint density at radius 2 is 1.44 bits per heavy atom. The number of methoxy groups -OCH3 is 1. The van der Waals surface area contributed by atoms with Gasteiger partial charge in [0.1, 0.15) is 23.8 Å². The summed E-state index contributed by atoms with van der Waals surface area (Å²) in [5.41, 5.74) is 1.72. The fraction of sp³-hybridized carbons (Fsp3) is 0.467. The third-order valence-corrected chi connectivity index (χ3v) is 8.42. The molecular formula is C30H38N2O8S. The lowest BCUT2D eigenvalue weighted by Gasteiger charge is -2.35. The molecule has 0 fully saturated rings. The largest absolute Gasteiger partial charge is 0.479 e. The number of alkyl carbamates (subject to hydrolysis) is 2. The minimum absolute atomic E-state index is 0.0538. The lowest BCUT2D eigenvalue weighted by Crippen LogP contribution is -2.58. The van der Waals surface area contributed by atoms with Crippen LogP contribution in [0, 0.1) is 0 Å². The first-order valence-corrected chi connectivity index (χ1v) is 14.1. The molecule has 0 heterocycles. The van der Waals surface area contributed by atoms with Crippen LogP contribution in [0.25, 0.3) is 11.1 Å². The molecule has 0 bridgehead atoms. The first-order chi connectivity index (χ1) is 19.1. The number of amides is 2. The maximum Gasteiger partial charge on any atom is 0.408 e. The topological polar surface area (TPSA) is 140 Å². The SMILES string of the molecule is COC(=O)[C@H](NC(=O)OCC1c2ccccc2-c2ccccc21)C(C)(C)SC[C@@](C)(NC(=O)OC(C)(C)C)C(=O)O. The van der Waals surface area contributed by atoms with Crippen LogP contribution in [0.15, 0.2) is 48.5 Å². The fourth-order valence-corrected chi connectivity index (χ4v) is 5.66. The summed E-state index contributed by atoms with van der Waals surface area (Å²) in [6.45, 7) is 9.72. The smallest absolute Gasteiger partial charge is 0.408 e. The highest BCUT2D eigenvalue weighted by Crippen LogP contribution is 2.44. The van der Waals surface area contributed by atoms with Gasteiger partial charge in [0.15, 0.2) is 0 Å². The molecule has 3 rings (SSSR count). The molecule has 0 spiro atoms. The minimum Gasteiger partial charge on any atom is -0.479 e. The number of hydrogen-bond donors (Lipinski definition) is 3. The van der Waals surface area contributed by atoms with Crippen LogP contribution in [-0.4, -0.2) is 70.6 Å². The molecule has 2 aromatic carbocycles. The quantitative estimate of drug-likeness (QED) is 0.261. The average Bonchev–Trinajstić information content (AvgIpc) is 3.21. The number of benzene rings is 2. The molecule has 11 heteroatoms. The summed E-state index contributed by atoms with van der Waals surface area (Å²) in [5, 5.41) is 14.9. The lowest BCUT2D eigenvalue weighted by molar-refractivity contribution is -0.144. The Kier molecular flexibility index (Phi) is 9.63. The van der Waals surface area contributed by atoms with E-state index < -0.39 is 46.1 Å². The van der Waals surface area contributed by atoms with Crippen LogP contribution in [0.4, 0.5) is 9.59 Å². The number of esters is 1. The highest BCUT2D eigenvalue weighted by atomic mass is 32.2. The Hall–Kier alpha value is -3.73. The van der Waals surface area contributed by atoms with E-state index in [4.69, 9.17) is 14.2 Å². The van der Waals surface area contributed by atoms with Gasteiger partial charge in [0, 0.05) is 16.4 Å². The summed E-state index contributed by atoms with van der Waals surface area (Å²) in [6.07, 6.45) is -1.70. The highest BCUT2D eigenvalue weighted by molar-refractivity contribution is 8.00. The van der Waals surface area contributed by atoms with Crippen molar-refractivity contribution in [3.8, 4) is 11.1 Å². The van der Waals surface area contributed by atoms with E-state index >= 15 is 0 Å². The van der Waals surface area contributed by atoms with Gasteiger partial charge in [-0.2, -0.15) is 0 Å². The van der Waals surface area contributed by atoms with E-state index in [0.717, 1.165) is 34.0 Å². The normalized spacial score (nSPS) is 15.0. The van der Waals surface area contributed by atoms with Gasteiger partial charge in [0.25, 0.3) is 0 Å². The van der Waals surface area contributed by atoms with Crippen molar-refractivity contribution in [2.45, 2.75) is 69.4 Å². The second kappa shape index (κ2) is 12.4. The van der Waals surface area contributed by atoms with Crippen LogP contribution in [0.2, 0.25) is 0 Å². The fourth-order valence-electron chi connectivity index (χ4n) is 4.49. The zero-order valence-electron chi connectivity index (χ0n) is 24.4. The summed E-state index contributed by atoms with van der Waals surface area (Å²) < 4.78 is 14.7. The molecule has 0 aromatic heterocycles. The molecule has 41 heavy (non-hydrogen) atoms. The second-order valence-electron chi connectivity index (χ2n) is 11.6. The molecule has 3 N–H and O–H groups in total. The van der Waals surface area contributed by atoms with Crippen LogP contribution < -0.4 is 10.6 Å². The molecule has 2 atom stereocenters. The molecule has 1 aliphatic carbocycles. The summed E-state index contributed by atoms with van der Waals surface area (Å²) in [6, 6.07) is 14.7. The van der Waals surface area contributed by atoms with Gasteiger partial charge in [0.05, 0.1) is 7.11 Å². The molecule has 0 radical (unpaired) electrons. The summed E-state index contributed by atoms with van der Waals surface area (Å²) in [5.74, 6) is -2.32. The first-order valence-electron chi connectivity index (χ1n) is 13.2. The van der Waals surface area contributed by atoms with Gasteiger partial charge in [-0.25, -0.2) is 19.2 Å². The Bertz CT molecular complexity index is 1260. The molecule has 10 nitrogen and oxygen atoms in total. The van der Waals surface area contributed by atoms with Crippen LogP contribution >= 0.6 is 11.8 Å². The van der Waals surface area contributed by atoms with Crippen molar-refractivity contribution in [1.82, 2.24) is 10.6 Å². The van der Waals surface area contributed by atoms with Gasteiger partial charge < -0.3 is 30.0 Å². The van der Waals surface area contributed by atoms with Gasteiger partial charge >= 0.3 is 24.1 Å². The maximum absolute atomic E-state index is 13.0. The average molecular weight is 587 g/mol. The van der Waals surface area contributed by atoms with E-state index in [1.807, 2.05) is 48.5 Å². The zero-order chi connectivity index (χ0) is 30.6. The Morgan fingerprint density at radius 3 is 1.93 bits per heavy atom. The monoisotopic (exact) mass is 586 g/mol. The molecule has 2 aromatic rings. The standard InChI is InChI=1S/C30H38N2O8S/c1-28(2,3)40-27(37)32-30(6,25(34)35)17-41-29(4,5)23(24(33)38-7)31-26(36)39-16-22-20-14-10-8-12-18(20)19-13-9-11-15-21(19)22/h8-15,22-23H,16-17H2,1-7H3,(H,31,36)(H,32,37)(H,34,35)/t23-,30+/m0/s1. The summed E-state index contributed by atoms with van der Waals surface area (Å²) in [7, 11) is 1.20. The van der Waals surface area contributed by atoms with Crippen molar-refractivity contribution in [2.24, 2.45) is 0 Å². The molecule has 222 valence electrons. The van der Waals surface area contributed by atoms with Crippen molar-refractivity contribution < 1.29 is 38.5 Å². The molecule has 0 saturated carbocycles. The van der Waals surface area contributed by atoms with Crippen molar-refractivity contribution in [2.75, 3.05) is 19.5 Å². The van der Waals surface area contributed by atoms with E-state index in [1.54, 1.807) is 34.6 Å². The van der Waals surface area contributed by atoms with Crippen LogP contribution in [0.3, 0.4) is 0 Å². The van der Waals surface area contributed by atoms with E-state index in [0.29, 0.717) is 0 Å². The predicted molar refractivity (Wildman–Crippen MR) is 156 cm³/mol. The van der Waals surface area contributed by atoms with Gasteiger partial charge in [-0.05, 0) is 63.8 Å². The summed E-state index contributed by atoms with van der Waals surface area (Å²) in [4.78, 5) is 50.2. The van der Waals surface area contributed by atoms with Gasteiger partial charge in [0.2, 0.25) is 0 Å². The number of hydrogen-bond acceptors (Lipinski definition) is 8. The van der Waals surface area contributed by atoms with Crippen LogP contribution in [-0.2, 0) is 23.8 Å². The zero-order valence-corrected chi connectivity index (χ0v) is 25.2. The number of ether oxygens (including phenoxy) is 3. The van der Waals surface area contributed by atoms with Crippen molar-refractivity contribution in [3.05, 3.63) is 59.7 Å². The second-order valence-corrected chi connectivity index (χ2v) is 13.2. The maximum atomic E-state index is 13.0.